The van der Waals surface area contributed by atoms with Crippen molar-refractivity contribution in [3.8, 4) is 17.2 Å². The quantitative estimate of drug-likeness (QED) is 0.350. The molecule has 2 aromatic rings. The predicted molar refractivity (Wildman–Crippen MR) is 117 cm³/mol. The lowest BCUT2D eigenvalue weighted by atomic mass is 9.95. The fourth-order valence-electron chi connectivity index (χ4n) is 3.96. The van der Waals surface area contributed by atoms with E-state index >= 15 is 0 Å². The van der Waals surface area contributed by atoms with E-state index in [-0.39, 0.29) is 11.5 Å². The first-order valence-electron chi connectivity index (χ1n) is 10.7. The van der Waals surface area contributed by atoms with Gasteiger partial charge in [-0.1, -0.05) is 12.1 Å². The van der Waals surface area contributed by atoms with E-state index in [4.69, 9.17) is 18.9 Å². The van der Waals surface area contributed by atoms with Crippen molar-refractivity contribution in [3.05, 3.63) is 59.7 Å². The summed E-state index contributed by atoms with van der Waals surface area (Å²) in [6, 6.07) is 11.4. The molecule has 0 aromatic heterocycles. The maximum absolute atomic E-state index is 12.2. The number of aliphatic hydroxyl groups excluding tert-OH is 4. The number of methoxy groups -OCH3 is 1. The molecule has 5 N–H and O–H groups in total. The summed E-state index contributed by atoms with van der Waals surface area (Å²) >= 11 is 0. The molecule has 182 valence electrons. The molecular formula is C24H26O10. The Hall–Kier alpha value is -3.15. The van der Waals surface area contributed by atoms with Gasteiger partial charge in [0.1, 0.15) is 47.8 Å². The van der Waals surface area contributed by atoms with Gasteiger partial charge in [0.05, 0.1) is 13.7 Å². The van der Waals surface area contributed by atoms with Gasteiger partial charge in [0.25, 0.3) is 0 Å². The number of carbonyl (C=O) groups is 1. The Morgan fingerprint density at radius 2 is 1.74 bits per heavy atom. The number of aromatic hydroxyl groups is 1. The van der Waals surface area contributed by atoms with E-state index in [1.807, 2.05) is 0 Å². The lowest BCUT2D eigenvalue weighted by molar-refractivity contribution is -0.277. The van der Waals surface area contributed by atoms with E-state index < -0.39 is 49.4 Å². The lowest BCUT2D eigenvalue weighted by Gasteiger charge is -2.39. The Morgan fingerprint density at radius 3 is 2.41 bits per heavy atom. The average Bonchev–Trinajstić information content (AvgIpc) is 3.20. The van der Waals surface area contributed by atoms with Gasteiger partial charge in [-0.3, -0.25) is 0 Å². The first-order chi connectivity index (χ1) is 16.3. The fourth-order valence-corrected chi connectivity index (χ4v) is 3.96. The molecule has 10 nitrogen and oxygen atoms in total. The number of esters is 1. The molecule has 1 saturated heterocycles. The summed E-state index contributed by atoms with van der Waals surface area (Å²) in [4.78, 5) is 12.2. The second-order valence-electron chi connectivity index (χ2n) is 8.07. The number of hydrogen-bond donors (Lipinski definition) is 5. The van der Waals surface area contributed by atoms with E-state index in [0.29, 0.717) is 23.3 Å². The molecule has 1 fully saturated rings. The van der Waals surface area contributed by atoms with Gasteiger partial charge in [0.2, 0.25) is 6.29 Å². The van der Waals surface area contributed by atoms with Crippen LogP contribution < -0.4 is 9.47 Å². The first-order valence-corrected chi connectivity index (χ1v) is 10.7. The van der Waals surface area contributed by atoms with Crippen LogP contribution in [0, 0.1) is 0 Å². The van der Waals surface area contributed by atoms with Crippen molar-refractivity contribution in [3.63, 3.8) is 0 Å². The smallest absolute Gasteiger partial charge is 0.331 e. The minimum Gasteiger partial charge on any atom is -0.508 e. The van der Waals surface area contributed by atoms with Crippen molar-refractivity contribution in [2.75, 3.05) is 13.7 Å². The van der Waals surface area contributed by atoms with Crippen LogP contribution in [0.4, 0.5) is 0 Å². The maximum Gasteiger partial charge on any atom is 0.331 e. The summed E-state index contributed by atoms with van der Waals surface area (Å²) in [6.45, 7) is -0.599. The predicted octanol–water partition coefficient (Wildman–Crippen LogP) is 0.131. The third-order valence-corrected chi connectivity index (χ3v) is 5.83. The number of rotatable bonds is 7. The van der Waals surface area contributed by atoms with Gasteiger partial charge in [-0.25, -0.2) is 4.79 Å². The molecule has 0 bridgehead atoms. The van der Waals surface area contributed by atoms with Gasteiger partial charge >= 0.3 is 5.97 Å². The minimum atomic E-state index is -1.61. The Kier molecular flexibility index (Phi) is 7.05. The molecule has 2 aliphatic heterocycles. The SMILES string of the molecule is COc1ccc(C2=CC(=O)O[C@@H]2Cc2ccc(O)cc2)c(O[C@@H]2O[C@H](CO)[C@@H](O)[C@H](O)[C@H]2O)c1. The highest BCUT2D eigenvalue weighted by molar-refractivity contribution is 5.98. The summed E-state index contributed by atoms with van der Waals surface area (Å²) in [5, 5.41) is 49.5. The third-order valence-electron chi connectivity index (χ3n) is 5.83. The summed E-state index contributed by atoms with van der Waals surface area (Å²) < 4.78 is 22.1. The Morgan fingerprint density at radius 1 is 1.00 bits per heavy atom. The van der Waals surface area contributed by atoms with Crippen LogP contribution in [0.5, 0.6) is 17.2 Å². The van der Waals surface area contributed by atoms with Gasteiger partial charge < -0.3 is 44.5 Å². The van der Waals surface area contributed by atoms with Crippen molar-refractivity contribution in [1.29, 1.82) is 0 Å². The van der Waals surface area contributed by atoms with E-state index in [1.54, 1.807) is 24.3 Å². The number of ether oxygens (including phenoxy) is 4. The normalized spacial score (nSPS) is 28.9. The van der Waals surface area contributed by atoms with Crippen molar-refractivity contribution in [2.45, 2.75) is 43.2 Å². The molecule has 34 heavy (non-hydrogen) atoms. The number of carbonyl (C=O) groups excluding carboxylic acids is 1. The number of aliphatic hydroxyl groups is 4. The highest BCUT2D eigenvalue weighted by Crippen LogP contribution is 2.38. The third kappa shape index (κ3) is 4.86. The average molecular weight is 474 g/mol. The molecule has 0 unspecified atom stereocenters. The van der Waals surface area contributed by atoms with Gasteiger partial charge in [-0.05, 0) is 29.8 Å². The van der Waals surface area contributed by atoms with Gasteiger partial charge in [-0.2, -0.15) is 0 Å². The summed E-state index contributed by atoms with van der Waals surface area (Å²) in [6.07, 6.45) is -6.28. The van der Waals surface area contributed by atoms with Crippen LogP contribution >= 0.6 is 0 Å². The minimum absolute atomic E-state index is 0.119. The number of benzene rings is 2. The highest BCUT2D eigenvalue weighted by Gasteiger charge is 2.45. The van der Waals surface area contributed by atoms with Crippen LogP contribution in [0.1, 0.15) is 11.1 Å². The van der Waals surface area contributed by atoms with E-state index in [0.717, 1.165) is 5.56 Å². The molecule has 0 amide bonds. The van der Waals surface area contributed by atoms with Crippen molar-refractivity contribution in [2.24, 2.45) is 0 Å². The lowest BCUT2D eigenvalue weighted by Crippen LogP contribution is -2.60. The van der Waals surface area contributed by atoms with Crippen LogP contribution in [0.3, 0.4) is 0 Å². The summed E-state index contributed by atoms with van der Waals surface area (Å²) in [5.74, 6) is 0.176. The largest absolute Gasteiger partial charge is 0.508 e. The van der Waals surface area contributed by atoms with Crippen LogP contribution in [-0.4, -0.2) is 82.0 Å². The molecule has 2 heterocycles. The molecule has 0 radical (unpaired) electrons. The standard InChI is InChI=1S/C24H26O10/c1-31-14-6-7-15(16-10-20(27)32-17(16)8-12-2-4-13(26)5-3-12)18(9-14)33-24-23(30)22(29)21(28)19(11-25)34-24/h2-7,9-10,17,19,21-26,28-30H,8,11H2,1H3/t17-,19-,21-,22+,23-,24-/m1/s1. The van der Waals surface area contributed by atoms with Gasteiger partial charge in [0, 0.05) is 29.7 Å². The zero-order valence-corrected chi connectivity index (χ0v) is 18.3. The molecule has 4 rings (SSSR count). The Bertz CT molecular complexity index is 1050. The van der Waals surface area contributed by atoms with Crippen LogP contribution in [0.25, 0.3) is 5.57 Å². The fraction of sp³-hybridized carbons (Fsp3) is 0.375. The zero-order valence-electron chi connectivity index (χ0n) is 18.3. The summed E-state index contributed by atoms with van der Waals surface area (Å²) in [5.41, 5.74) is 1.81. The van der Waals surface area contributed by atoms with Crippen molar-refractivity contribution >= 4 is 11.5 Å². The molecule has 0 saturated carbocycles. The van der Waals surface area contributed by atoms with Crippen LogP contribution in [0.2, 0.25) is 0 Å². The van der Waals surface area contributed by atoms with Crippen LogP contribution in [0.15, 0.2) is 48.5 Å². The summed E-state index contributed by atoms with van der Waals surface area (Å²) in [7, 11) is 1.46. The second kappa shape index (κ2) is 10.00. The number of cyclic esters (lactones) is 1. The van der Waals surface area contributed by atoms with E-state index in [1.165, 1.54) is 31.4 Å². The van der Waals surface area contributed by atoms with E-state index in [2.05, 4.69) is 0 Å². The van der Waals surface area contributed by atoms with Crippen molar-refractivity contribution < 1.29 is 49.3 Å². The molecule has 6 atom stereocenters. The van der Waals surface area contributed by atoms with Crippen molar-refractivity contribution in [1.82, 2.24) is 0 Å². The number of phenols is 1. The molecule has 2 aliphatic rings. The topological polar surface area (TPSA) is 155 Å². The zero-order chi connectivity index (χ0) is 24.4. The maximum atomic E-state index is 12.2. The first kappa shape index (κ1) is 24.0. The monoisotopic (exact) mass is 474 g/mol. The van der Waals surface area contributed by atoms with Crippen LogP contribution in [-0.2, 0) is 20.7 Å². The number of hydrogen-bond acceptors (Lipinski definition) is 10. The molecule has 0 spiro atoms. The Balaban J connectivity index is 1.65. The van der Waals surface area contributed by atoms with Gasteiger partial charge in [0.15, 0.2) is 0 Å². The van der Waals surface area contributed by atoms with Gasteiger partial charge in [-0.15, -0.1) is 0 Å². The molecule has 0 aliphatic carbocycles. The highest BCUT2D eigenvalue weighted by atomic mass is 16.7. The molecule has 2 aromatic carbocycles. The number of phenolic OH excluding ortho intramolecular Hbond substituents is 1. The Labute approximate surface area is 195 Å². The van der Waals surface area contributed by atoms with E-state index in [9.17, 15) is 30.3 Å². The molecular weight excluding hydrogens is 448 g/mol. The second-order valence-corrected chi connectivity index (χ2v) is 8.07. The molecule has 10 heteroatoms.